The van der Waals surface area contributed by atoms with Crippen LogP contribution < -0.4 is 5.32 Å². The van der Waals surface area contributed by atoms with Crippen LogP contribution in [0.4, 0.5) is 0 Å². The first-order valence-corrected chi connectivity index (χ1v) is 7.46. The SMILES string of the molecule is Cc1cc(Cl)c(C(=O)NC2CCCC(O)C2)nc1Br. The maximum atomic E-state index is 12.1. The fourth-order valence-corrected chi connectivity index (χ4v) is 2.85. The Morgan fingerprint density at radius 1 is 1.58 bits per heavy atom. The third kappa shape index (κ3) is 3.68. The van der Waals surface area contributed by atoms with Crippen molar-refractivity contribution in [2.45, 2.75) is 44.8 Å². The first-order valence-electron chi connectivity index (χ1n) is 6.29. The van der Waals surface area contributed by atoms with Crippen LogP contribution in [-0.2, 0) is 0 Å². The Balaban J connectivity index is 2.09. The average Bonchev–Trinajstić information content (AvgIpc) is 2.33. The third-order valence-electron chi connectivity index (χ3n) is 3.30. The van der Waals surface area contributed by atoms with E-state index in [1.165, 1.54) is 0 Å². The molecule has 1 aromatic rings. The van der Waals surface area contributed by atoms with Gasteiger partial charge in [-0.1, -0.05) is 11.6 Å². The van der Waals surface area contributed by atoms with Crippen LogP contribution in [0.1, 0.15) is 41.7 Å². The second kappa shape index (κ2) is 6.20. The van der Waals surface area contributed by atoms with Crippen molar-refractivity contribution in [3.8, 4) is 0 Å². The number of aliphatic hydroxyl groups excluding tert-OH is 1. The first-order chi connectivity index (χ1) is 8.97. The van der Waals surface area contributed by atoms with Crippen LogP contribution in [-0.4, -0.2) is 28.1 Å². The van der Waals surface area contributed by atoms with E-state index in [4.69, 9.17) is 11.6 Å². The van der Waals surface area contributed by atoms with E-state index < -0.39 is 0 Å². The van der Waals surface area contributed by atoms with Gasteiger partial charge in [-0.25, -0.2) is 4.98 Å². The molecule has 1 amide bonds. The van der Waals surface area contributed by atoms with E-state index in [-0.39, 0.29) is 23.7 Å². The van der Waals surface area contributed by atoms with Gasteiger partial charge in [-0.2, -0.15) is 0 Å². The van der Waals surface area contributed by atoms with E-state index in [9.17, 15) is 9.90 Å². The van der Waals surface area contributed by atoms with E-state index >= 15 is 0 Å². The van der Waals surface area contributed by atoms with Crippen molar-refractivity contribution in [2.24, 2.45) is 0 Å². The highest BCUT2D eigenvalue weighted by Crippen LogP contribution is 2.23. The number of nitrogens with one attached hydrogen (secondary N) is 1. The molecule has 0 bridgehead atoms. The smallest absolute Gasteiger partial charge is 0.271 e. The van der Waals surface area contributed by atoms with Gasteiger partial charge in [0.25, 0.3) is 5.91 Å². The maximum Gasteiger partial charge on any atom is 0.271 e. The van der Waals surface area contributed by atoms with E-state index in [0.29, 0.717) is 16.0 Å². The molecule has 0 spiro atoms. The highest BCUT2D eigenvalue weighted by atomic mass is 79.9. The quantitative estimate of drug-likeness (QED) is 0.809. The van der Waals surface area contributed by atoms with Crippen molar-refractivity contribution in [3.63, 3.8) is 0 Å². The molecular formula is C13H16BrClN2O2. The number of carbonyl (C=O) groups is 1. The first kappa shape index (κ1) is 14.8. The molecule has 2 unspecified atom stereocenters. The summed E-state index contributed by atoms with van der Waals surface area (Å²) >= 11 is 9.34. The molecule has 0 aliphatic heterocycles. The van der Waals surface area contributed by atoms with Gasteiger partial charge < -0.3 is 10.4 Å². The predicted octanol–water partition coefficient (Wildman–Crippen LogP) is 2.84. The van der Waals surface area contributed by atoms with E-state index in [2.05, 4.69) is 26.2 Å². The molecule has 2 atom stereocenters. The van der Waals surface area contributed by atoms with Gasteiger partial charge in [-0.3, -0.25) is 4.79 Å². The summed E-state index contributed by atoms with van der Waals surface area (Å²) < 4.78 is 0.616. The normalized spacial score (nSPS) is 23.2. The summed E-state index contributed by atoms with van der Waals surface area (Å²) in [5, 5.41) is 12.8. The Morgan fingerprint density at radius 3 is 3.00 bits per heavy atom. The van der Waals surface area contributed by atoms with Gasteiger partial charge in [0.2, 0.25) is 0 Å². The number of aryl methyl sites for hydroxylation is 1. The lowest BCUT2D eigenvalue weighted by Crippen LogP contribution is -2.40. The second-order valence-corrected chi connectivity index (χ2v) is 6.08. The zero-order valence-corrected chi connectivity index (χ0v) is 13.0. The molecule has 6 heteroatoms. The molecule has 1 saturated carbocycles. The molecule has 2 rings (SSSR count). The van der Waals surface area contributed by atoms with Crippen molar-refractivity contribution in [1.29, 1.82) is 0 Å². The Bertz CT molecular complexity index is 496. The number of aromatic nitrogens is 1. The zero-order chi connectivity index (χ0) is 14.0. The monoisotopic (exact) mass is 346 g/mol. The number of hydrogen-bond acceptors (Lipinski definition) is 3. The van der Waals surface area contributed by atoms with Crippen molar-refractivity contribution < 1.29 is 9.90 Å². The molecular weight excluding hydrogens is 332 g/mol. The number of carbonyl (C=O) groups excluding carboxylic acids is 1. The fourth-order valence-electron chi connectivity index (χ4n) is 2.27. The lowest BCUT2D eigenvalue weighted by molar-refractivity contribution is 0.0845. The largest absolute Gasteiger partial charge is 0.393 e. The number of aliphatic hydroxyl groups is 1. The van der Waals surface area contributed by atoms with Gasteiger partial charge >= 0.3 is 0 Å². The average molecular weight is 348 g/mol. The molecule has 104 valence electrons. The van der Waals surface area contributed by atoms with Gasteiger partial charge in [-0.15, -0.1) is 0 Å². The van der Waals surface area contributed by atoms with Crippen LogP contribution in [0.5, 0.6) is 0 Å². The number of halogens is 2. The molecule has 1 heterocycles. The predicted molar refractivity (Wildman–Crippen MR) is 77.4 cm³/mol. The number of hydrogen-bond donors (Lipinski definition) is 2. The molecule has 1 fully saturated rings. The topological polar surface area (TPSA) is 62.2 Å². The Kier molecular flexibility index (Phi) is 4.81. The van der Waals surface area contributed by atoms with Crippen LogP contribution in [0.15, 0.2) is 10.7 Å². The Labute approximate surface area is 125 Å². The Hall–Kier alpha value is -0.650. The van der Waals surface area contributed by atoms with E-state index in [1.807, 2.05) is 6.92 Å². The summed E-state index contributed by atoms with van der Waals surface area (Å²) in [6.45, 7) is 1.86. The lowest BCUT2D eigenvalue weighted by Gasteiger charge is -2.26. The summed E-state index contributed by atoms with van der Waals surface area (Å²) in [6.07, 6.45) is 2.88. The van der Waals surface area contributed by atoms with Gasteiger partial charge in [0.15, 0.2) is 0 Å². The molecule has 0 saturated heterocycles. The molecule has 1 aliphatic rings. The zero-order valence-electron chi connectivity index (χ0n) is 10.6. The molecule has 4 nitrogen and oxygen atoms in total. The third-order valence-corrected chi connectivity index (χ3v) is 4.39. The van der Waals surface area contributed by atoms with Gasteiger partial charge in [0.05, 0.1) is 11.1 Å². The number of amides is 1. The summed E-state index contributed by atoms with van der Waals surface area (Å²) in [7, 11) is 0. The van der Waals surface area contributed by atoms with Gasteiger partial charge in [-0.05, 0) is 60.2 Å². The van der Waals surface area contributed by atoms with E-state index in [1.54, 1.807) is 6.07 Å². The standard InChI is InChI=1S/C13H16BrClN2O2/c1-7-5-10(15)11(17-12(7)14)13(19)16-8-3-2-4-9(18)6-8/h5,8-9,18H,2-4,6H2,1H3,(H,16,19). The summed E-state index contributed by atoms with van der Waals surface area (Å²) in [5.41, 5.74) is 1.11. The molecule has 0 radical (unpaired) electrons. The minimum atomic E-state index is -0.327. The molecule has 0 aromatic carbocycles. The van der Waals surface area contributed by atoms with Crippen molar-refractivity contribution in [1.82, 2.24) is 10.3 Å². The van der Waals surface area contributed by atoms with Crippen molar-refractivity contribution in [3.05, 3.63) is 26.9 Å². The van der Waals surface area contributed by atoms with Crippen LogP contribution in [0.25, 0.3) is 0 Å². The number of nitrogens with zero attached hydrogens (tertiary/aromatic N) is 1. The Morgan fingerprint density at radius 2 is 2.32 bits per heavy atom. The lowest BCUT2D eigenvalue weighted by atomic mass is 9.93. The van der Waals surface area contributed by atoms with Crippen LogP contribution in [0.3, 0.4) is 0 Å². The van der Waals surface area contributed by atoms with Crippen molar-refractivity contribution >= 4 is 33.4 Å². The minimum absolute atomic E-state index is 0.00537. The summed E-state index contributed by atoms with van der Waals surface area (Å²) in [6, 6.07) is 1.71. The van der Waals surface area contributed by atoms with Crippen LogP contribution in [0, 0.1) is 6.92 Å². The molecule has 1 aromatic heterocycles. The molecule has 2 N–H and O–H groups in total. The van der Waals surface area contributed by atoms with Gasteiger partial charge in [0, 0.05) is 6.04 Å². The highest BCUT2D eigenvalue weighted by molar-refractivity contribution is 9.10. The minimum Gasteiger partial charge on any atom is -0.393 e. The van der Waals surface area contributed by atoms with Crippen LogP contribution >= 0.6 is 27.5 Å². The molecule has 19 heavy (non-hydrogen) atoms. The van der Waals surface area contributed by atoms with Crippen molar-refractivity contribution in [2.75, 3.05) is 0 Å². The summed E-state index contributed by atoms with van der Waals surface area (Å²) in [4.78, 5) is 16.3. The number of rotatable bonds is 2. The van der Waals surface area contributed by atoms with Crippen LogP contribution in [0.2, 0.25) is 5.02 Å². The number of pyridine rings is 1. The van der Waals surface area contributed by atoms with E-state index in [0.717, 1.165) is 24.8 Å². The molecule has 1 aliphatic carbocycles. The second-order valence-electron chi connectivity index (χ2n) is 4.92. The maximum absolute atomic E-state index is 12.1. The van der Waals surface area contributed by atoms with Gasteiger partial charge in [0.1, 0.15) is 10.3 Å². The summed E-state index contributed by atoms with van der Waals surface area (Å²) in [5.74, 6) is -0.287. The fraction of sp³-hybridized carbons (Fsp3) is 0.538. The highest BCUT2D eigenvalue weighted by Gasteiger charge is 2.23.